The summed E-state index contributed by atoms with van der Waals surface area (Å²) in [6.45, 7) is -0.156. The number of hydrogen-bond acceptors (Lipinski definition) is 6. The molecule has 3 aromatic rings. The first-order valence-electron chi connectivity index (χ1n) is 10.9. The van der Waals surface area contributed by atoms with Gasteiger partial charge in [-0.15, -0.1) is 0 Å². The van der Waals surface area contributed by atoms with Gasteiger partial charge in [0.05, 0.1) is 23.6 Å². The highest BCUT2D eigenvalue weighted by molar-refractivity contribution is 7.97. The lowest BCUT2D eigenvalue weighted by Gasteiger charge is -2.29. The Morgan fingerprint density at radius 3 is 2.21 bits per heavy atom. The number of rotatable bonds is 6. The number of ketones is 1. The molecule has 0 fully saturated rings. The number of nitrogens with one attached hydrogen (secondary N) is 1. The highest BCUT2D eigenvalue weighted by Crippen LogP contribution is 2.32. The minimum absolute atomic E-state index is 0.125. The molecule has 0 bridgehead atoms. The normalized spacial score (nSPS) is 16.7. The third kappa shape index (κ3) is 4.02. The number of carbonyl (C=O) groups excluding carboxylic acids is 4. The second kappa shape index (κ2) is 9.24. The fraction of sp³-hybridized carbons (Fsp3) is 0.154. The van der Waals surface area contributed by atoms with E-state index in [1.807, 2.05) is 30.3 Å². The van der Waals surface area contributed by atoms with Crippen molar-refractivity contribution in [2.75, 3.05) is 24.5 Å². The lowest BCUT2D eigenvalue weighted by molar-refractivity contribution is -0.123. The van der Waals surface area contributed by atoms with Crippen LogP contribution in [0.25, 0.3) is 0 Å². The average Bonchev–Trinajstić information content (AvgIpc) is 3.12. The lowest BCUT2D eigenvalue weighted by Crippen LogP contribution is -2.46. The van der Waals surface area contributed by atoms with Gasteiger partial charge in [-0.1, -0.05) is 48.5 Å². The first-order chi connectivity index (χ1) is 16.5. The lowest BCUT2D eigenvalue weighted by atomic mass is 9.94. The molecule has 3 aromatic carbocycles. The second-order valence-electron chi connectivity index (χ2n) is 8.06. The summed E-state index contributed by atoms with van der Waals surface area (Å²) < 4.78 is 3.19. The van der Waals surface area contributed by atoms with E-state index >= 15 is 0 Å². The van der Waals surface area contributed by atoms with Crippen LogP contribution in [0.4, 0.5) is 5.69 Å². The van der Waals surface area contributed by atoms with Crippen molar-refractivity contribution in [2.45, 2.75) is 10.8 Å². The van der Waals surface area contributed by atoms with Crippen LogP contribution in [-0.4, -0.2) is 48.0 Å². The molecule has 1 N–H and O–H groups in total. The zero-order chi connectivity index (χ0) is 23.7. The van der Waals surface area contributed by atoms with Crippen molar-refractivity contribution >= 4 is 41.1 Å². The Morgan fingerprint density at radius 2 is 1.50 bits per heavy atom. The van der Waals surface area contributed by atoms with Gasteiger partial charge in [-0.3, -0.25) is 28.8 Å². The fourth-order valence-corrected chi connectivity index (χ4v) is 5.14. The number of anilines is 1. The van der Waals surface area contributed by atoms with Crippen molar-refractivity contribution < 1.29 is 19.2 Å². The monoisotopic (exact) mass is 471 g/mol. The van der Waals surface area contributed by atoms with E-state index in [1.54, 1.807) is 48.5 Å². The number of imide groups is 1. The predicted molar refractivity (Wildman–Crippen MR) is 129 cm³/mol. The van der Waals surface area contributed by atoms with Crippen LogP contribution in [0.15, 0.2) is 83.8 Å². The number of carbonyl (C=O) groups is 4. The van der Waals surface area contributed by atoms with E-state index in [0.29, 0.717) is 12.2 Å². The van der Waals surface area contributed by atoms with Gasteiger partial charge in [0.2, 0.25) is 5.91 Å². The summed E-state index contributed by atoms with van der Waals surface area (Å²) in [5, 5.41) is 0. The Labute approximate surface area is 200 Å². The standard InChI is InChI=1S/C26H21N3O4S/c30-22(21-14-27-34-23-13-7-6-10-18(21)23)15-28(17-8-2-1-3-9-17)24(31)16-29-25(32)19-11-4-5-12-20(19)26(29)33/h1-13,21,27H,14-16H2. The molecule has 2 heterocycles. The maximum atomic E-state index is 13.4. The van der Waals surface area contributed by atoms with Crippen LogP contribution < -0.4 is 9.62 Å². The molecular weight excluding hydrogens is 450 g/mol. The van der Waals surface area contributed by atoms with Gasteiger partial charge in [0.15, 0.2) is 5.78 Å². The van der Waals surface area contributed by atoms with Crippen LogP contribution in [0, 0.1) is 0 Å². The van der Waals surface area contributed by atoms with Crippen molar-refractivity contribution in [1.82, 2.24) is 9.62 Å². The van der Waals surface area contributed by atoms with Crippen LogP contribution >= 0.6 is 11.9 Å². The third-order valence-electron chi connectivity index (χ3n) is 6.01. The molecule has 2 aliphatic heterocycles. The molecule has 0 aliphatic carbocycles. The molecule has 0 radical (unpaired) electrons. The highest BCUT2D eigenvalue weighted by Gasteiger charge is 2.38. The average molecular weight is 472 g/mol. The maximum absolute atomic E-state index is 13.4. The quantitative estimate of drug-likeness (QED) is 0.439. The van der Waals surface area contributed by atoms with Crippen LogP contribution in [-0.2, 0) is 9.59 Å². The molecule has 34 heavy (non-hydrogen) atoms. The van der Waals surface area contributed by atoms with Gasteiger partial charge in [0.1, 0.15) is 6.54 Å². The first kappa shape index (κ1) is 22.1. The Morgan fingerprint density at radius 1 is 0.882 bits per heavy atom. The predicted octanol–water partition coefficient (Wildman–Crippen LogP) is 3.28. The molecule has 170 valence electrons. The number of Topliss-reactive ketones (excluding diaryl/α,β-unsaturated/α-hetero) is 1. The third-order valence-corrected chi connectivity index (χ3v) is 6.91. The van der Waals surface area contributed by atoms with E-state index in [1.165, 1.54) is 16.8 Å². The van der Waals surface area contributed by atoms with Gasteiger partial charge in [0, 0.05) is 17.1 Å². The zero-order valence-corrected chi connectivity index (χ0v) is 19.0. The number of hydrogen-bond donors (Lipinski definition) is 1. The molecule has 0 saturated carbocycles. The van der Waals surface area contributed by atoms with E-state index < -0.39 is 30.2 Å². The Hall–Kier alpha value is -3.75. The van der Waals surface area contributed by atoms with Crippen LogP contribution in [0.2, 0.25) is 0 Å². The van der Waals surface area contributed by atoms with Gasteiger partial charge >= 0.3 is 0 Å². The number of nitrogens with zero attached hydrogens (tertiary/aromatic N) is 2. The van der Waals surface area contributed by atoms with E-state index in [4.69, 9.17) is 0 Å². The van der Waals surface area contributed by atoms with E-state index in [9.17, 15) is 19.2 Å². The molecule has 0 spiro atoms. The molecule has 2 aliphatic rings. The minimum Gasteiger partial charge on any atom is -0.303 e. The van der Waals surface area contributed by atoms with Crippen LogP contribution in [0.1, 0.15) is 32.2 Å². The number of fused-ring (bicyclic) bond motifs is 2. The summed E-state index contributed by atoms with van der Waals surface area (Å²) in [5.74, 6) is -2.04. The molecule has 7 nitrogen and oxygen atoms in total. The Kier molecular flexibility index (Phi) is 6.00. The van der Waals surface area contributed by atoms with E-state index in [2.05, 4.69) is 4.72 Å². The largest absolute Gasteiger partial charge is 0.303 e. The summed E-state index contributed by atoms with van der Waals surface area (Å²) in [4.78, 5) is 55.6. The van der Waals surface area contributed by atoms with Gasteiger partial charge in [-0.25, -0.2) is 0 Å². The topological polar surface area (TPSA) is 86.8 Å². The molecule has 1 atom stereocenters. The fourth-order valence-electron chi connectivity index (χ4n) is 4.26. The second-order valence-corrected chi connectivity index (χ2v) is 9.00. The summed E-state index contributed by atoms with van der Waals surface area (Å²) in [5.41, 5.74) is 2.02. The van der Waals surface area contributed by atoms with Crippen LogP contribution in [0.3, 0.4) is 0 Å². The van der Waals surface area contributed by atoms with E-state index in [0.717, 1.165) is 15.4 Å². The number of amides is 3. The number of para-hydroxylation sites is 1. The minimum atomic E-state index is -0.504. The Bertz CT molecular complexity index is 1260. The molecule has 0 aromatic heterocycles. The van der Waals surface area contributed by atoms with Crippen LogP contribution in [0.5, 0.6) is 0 Å². The molecule has 8 heteroatoms. The molecule has 5 rings (SSSR count). The summed E-state index contributed by atoms with van der Waals surface area (Å²) in [6.07, 6.45) is 0. The SMILES string of the molecule is O=C(CN(C(=O)CN1C(=O)c2ccccc2C1=O)c1ccccc1)C1CNSc2ccccc21. The molecule has 0 saturated heterocycles. The zero-order valence-electron chi connectivity index (χ0n) is 18.1. The summed E-state index contributed by atoms with van der Waals surface area (Å²) in [7, 11) is 0. The smallest absolute Gasteiger partial charge is 0.262 e. The summed E-state index contributed by atoms with van der Waals surface area (Å²) in [6, 6.07) is 23.0. The van der Waals surface area contributed by atoms with Gasteiger partial charge < -0.3 is 4.90 Å². The summed E-state index contributed by atoms with van der Waals surface area (Å²) >= 11 is 1.48. The molecule has 3 amide bonds. The highest BCUT2D eigenvalue weighted by atomic mass is 32.2. The molecular formula is C26H21N3O4S. The molecule has 1 unspecified atom stereocenters. The van der Waals surface area contributed by atoms with Crippen molar-refractivity contribution in [3.05, 3.63) is 95.6 Å². The van der Waals surface area contributed by atoms with Crippen molar-refractivity contribution in [1.29, 1.82) is 0 Å². The van der Waals surface area contributed by atoms with Crippen molar-refractivity contribution in [2.24, 2.45) is 0 Å². The number of benzene rings is 3. The van der Waals surface area contributed by atoms with Gasteiger partial charge in [-0.2, -0.15) is 0 Å². The Balaban J connectivity index is 1.39. The first-order valence-corrected chi connectivity index (χ1v) is 11.7. The van der Waals surface area contributed by atoms with Crippen molar-refractivity contribution in [3.63, 3.8) is 0 Å². The van der Waals surface area contributed by atoms with Crippen molar-refractivity contribution in [3.8, 4) is 0 Å². The maximum Gasteiger partial charge on any atom is 0.262 e. The van der Waals surface area contributed by atoms with Gasteiger partial charge in [0.25, 0.3) is 11.8 Å². The van der Waals surface area contributed by atoms with E-state index in [-0.39, 0.29) is 23.5 Å². The van der Waals surface area contributed by atoms with Gasteiger partial charge in [-0.05, 0) is 47.8 Å².